The van der Waals surface area contributed by atoms with E-state index in [2.05, 4.69) is 32.9 Å². The summed E-state index contributed by atoms with van der Waals surface area (Å²) in [6.45, 7) is 1.65. The largest absolute Gasteiger partial charge is 0.366 e. The fourth-order valence-electron chi connectivity index (χ4n) is 1.82. The first-order chi connectivity index (χ1) is 8.42. The van der Waals surface area contributed by atoms with Crippen molar-refractivity contribution < 1.29 is 0 Å². The number of hydrazine groups is 1. The van der Waals surface area contributed by atoms with Crippen LogP contribution in [0, 0.1) is 0 Å². The first kappa shape index (κ1) is 9.89. The third kappa shape index (κ3) is 2.13. The monoisotopic (exact) mass is 227 g/mol. The third-order valence-corrected chi connectivity index (χ3v) is 2.63. The molecule has 3 rings (SSSR count). The summed E-state index contributed by atoms with van der Waals surface area (Å²) in [6, 6.07) is 3.85. The lowest BCUT2D eigenvalue weighted by atomic mass is 10.2. The minimum absolute atomic E-state index is 0.796. The average molecular weight is 227 g/mol. The zero-order valence-electron chi connectivity index (χ0n) is 9.30. The third-order valence-electron chi connectivity index (χ3n) is 2.63. The standard InChI is InChI=1S/C12H13N5/c1-2-10-8-17(9-15-12(10)14-5-1)16-11-3-6-13-7-4-11/h1-4,6-7,9,14H,5,8H2,(H,13,16). The molecule has 1 aromatic rings. The van der Waals surface area contributed by atoms with E-state index in [4.69, 9.17) is 0 Å². The molecule has 0 fully saturated rings. The van der Waals surface area contributed by atoms with E-state index in [1.807, 2.05) is 17.1 Å². The molecule has 2 aliphatic rings. The summed E-state index contributed by atoms with van der Waals surface area (Å²) in [5.41, 5.74) is 5.46. The van der Waals surface area contributed by atoms with Crippen molar-refractivity contribution in [2.75, 3.05) is 18.5 Å². The van der Waals surface area contributed by atoms with Crippen molar-refractivity contribution in [3.63, 3.8) is 0 Å². The molecule has 0 aliphatic carbocycles. The summed E-state index contributed by atoms with van der Waals surface area (Å²) < 4.78 is 0. The Morgan fingerprint density at radius 1 is 1.29 bits per heavy atom. The van der Waals surface area contributed by atoms with Crippen LogP contribution in [0.25, 0.3) is 0 Å². The van der Waals surface area contributed by atoms with Crippen LogP contribution in [0.5, 0.6) is 0 Å². The summed E-state index contributed by atoms with van der Waals surface area (Å²) >= 11 is 0. The van der Waals surface area contributed by atoms with Gasteiger partial charge in [-0.05, 0) is 12.1 Å². The van der Waals surface area contributed by atoms with Gasteiger partial charge in [0.25, 0.3) is 0 Å². The van der Waals surface area contributed by atoms with Gasteiger partial charge in [0.2, 0.25) is 0 Å². The molecule has 2 N–H and O–H groups in total. The maximum Gasteiger partial charge on any atom is 0.133 e. The summed E-state index contributed by atoms with van der Waals surface area (Å²) in [5, 5.41) is 5.19. The molecule has 0 saturated heterocycles. The van der Waals surface area contributed by atoms with Crippen molar-refractivity contribution in [2.24, 2.45) is 4.99 Å². The van der Waals surface area contributed by atoms with Gasteiger partial charge in [0, 0.05) is 24.5 Å². The predicted octanol–water partition coefficient (Wildman–Crippen LogP) is 1.12. The molecule has 0 atom stereocenters. The van der Waals surface area contributed by atoms with Gasteiger partial charge in [0.15, 0.2) is 0 Å². The normalized spacial score (nSPS) is 17.8. The Morgan fingerprint density at radius 3 is 3.06 bits per heavy atom. The second-order valence-corrected chi connectivity index (χ2v) is 3.88. The number of rotatable bonds is 2. The minimum Gasteiger partial charge on any atom is -0.366 e. The van der Waals surface area contributed by atoms with E-state index in [0.717, 1.165) is 24.6 Å². The minimum atomic E-state index is 0.796. The molecule has 0 bridgehead atoms. The van der Waals surface area contributed by atoms with Crippen LogP contribution in [-0.2, 0) is 0 Å². The van der Waals surface area contributed by atoms with E-state index in [9.17, 15) is 0 Å². The van der Waals surface area contributed by atoms with Crippen molar-refractivity contribution >= 4 is 12.0 Å². The van der Waals surface area contributed by atoms with Crippen LogP contribution in [0.3, 0.4) is 0 Å². The SMILES string of the molecule is C1=CC2=C(N=CN(Nc3ccncc3)C2)NC1. The first-order valence-corrected chi connectivity index (χ1v) is 5.53. The van der Waals surface area contributed by atoms with Crippen LogP contribution in [0.15, 0.2) is 53.1 Å². The fourth-order valence-corrected chi connectivity index (χ4v) is 1.82. The van der Waals surface area contributed by atoms with Crippen molar-refractivity contribution in [3.05, 3.63) is 48.1 Å². The molecule has 5 nitrogen and oxygen atoms in total. The Kier molecular flexibility index (Phi) is 2.50. The lowest BCUT2D eigenvalue weighted by Gasteiger charge is -2.27. The highest BCUT2D eigenvalue weighted by molar-refractivity contribution is 5.63. The molecule has 5 heteroatoms. The molecule has 0 saturated carbocycles. The Labute approximate surface area is 99.5 Å². The number of hydrogen-bond donors (Lipinski definition) is 2. The Morgan fingerprint density at radius 2 is 2.18 bits per heavy atom. The maximum absolute atomic E-state index is 4.37. The number of aromatic nitrogens is 1. The van der Waals surface area contributed by atoms with Crippen LogP contribution in [0.1, 0.15) is 0 Å². The number of nitrogens with one attached hydrogen (secondary N) is 2. The van der Waals surface area contributed by atoms with E-state index >= 15 is 0 Å². The average Bonchev–Trinajstić information content (AvgIpc) is 2.40. The Hall–Kier alpha value is -2.30. The van der Waals surface area contributed by atoms with Gasteiger partial charge in [-0.1, -0.05) is 12.2 Å². The predicted molar refractivity (Wildman–Crippen MR) is 67.2 cm³/mol. The molecule has 0 spiro atoms. The highest BCUT2D eigenvalue weighted by Gasteiger charge is 2.14. The molecule has 0 aromatic carbocycles. The van der Waals surface area contributed by atoms with E-state index in [1.165, 1.54) is 5.57 Å². The van der Waals surface area contributed by atoms with Crippen LogP contribution in [0.2, 0.25) is 0 Å². The molecule has 86 valence electrons. The van der Waals surface area contributed by atoms with Crippen molar-refractivity contribution in [3.8, 4) is 0 Å². The molecule has 3 heterocycles. The zero-order chi connectivity index (χ0) is 11.5. The number of anilines is 1. The molecule has 0 radical (unpaired) electrons. The van der Waals surface area contributed by atoms with Gasteiger partial charge >= 0.3 is 0 Å². The smallest absolute Gasteiger partial charge is 0.133 e. The van der Waals surface area contributed by atoms with E-state index in [1.54, 1.807) is 18.7 Å². The van der Waals surface area contributed by atoms with Crippen molar-refractivity contribution in [2.45, 2.75) is 0 Å². The van der Waals surface area contributed by atoms with Gasteiger partial charge in [0.05, 0.1) is 12.2 Å². The molecule has 17 heavy (non-hydrogen) atoms. The number of dihydropyridines is 1. The quantitative estimate of drug-likeness (QED) is 0.795. The molecule has 0 amide bonds. The van der Waals surface area contributed by atoms with Gasteiger partial charge in [0.1, 0.15) is 12.2 Å². The summed E-state index contributed by atoms with van der Waals surface area (Å²) in [7, 11) is 0. The maximum atomic E-state index is 4.37. The molecular weight excluding hydrogens is 214 g/mol. The Bertz CT molecular complexity index is 489. The topological polar surface area (TPSA) is 52.5 Å². The zero-order valence-corrected chi connectivity index (χ0v) is 9.30. The molecule has 0 unspecified atom stereocenters. The van der Waals surface area contributed by atoms with Gasteiger partial charge in [-0.15, -0.1) is 0 Å². The number of aliphatic imine (C=N–C) groups is 1. The van der Waals surface area contributed by atoms with Gasteiger partial charge in [-0.25, -0.2) is 4.99 Å². The van der Waals surface area contributed by atoms with Crippen LogP contribution >= 0.6 is 0 Å². The summed E-state index contributed by atoms with van der Waals surface area (Å²) in [4.78, 5) is 8.35. The lowest BCUT2D eigenvalue weighted by Crippen LogP contribution is -2.35. The lowest BCUT2D eigenvalue weighted by molar-refractivity contribution is 0.538. The van der Waals surface area contributed by atoms with E-state index in [0.29, 0.717) is 0 Å². The molecular formula is C12H13N5. The van der Waals surface area contributed by atoms with E-state index in [-0.39, 0.29) is 0 Å². The summed E-state index contributed by atoms with van der Waals surface area (Å²) in [6.07, 6.45) is 9.53. The Balaban J connectivity index is 1.71. The van der Waals surface area contributed by atoms with Crippen LogP contribution in [0.4, 0.5) is 5.69 Å². The number of pyridine rings is 1. The summed E-state index contributed by atoms with van der Waals surface area (Å²) in [5.74, 6) is 0.972. The second-order valence-electron chi connectivity index (χ2n) is 3.88. The fraction of sp³-hybridized carbons (Fsp3) is 0.167. The van der Waals surface area contributed by atoms with Crippen molar-refractivity contribution in [1.29, 1.82) is 0 Å². The van der Waals surface area contributed by atoms with Crippen molar-refractivity contribution in [1.82, 2.24) is 15.3 Å². The highest BCUT2D eigenvalue weighted by atomic mass is 15.5. The number of hydrogen-bond acceptors (Lipinski definition) is 5. The highest BCUT2D eigenvalue weighted by Crippen LogP contribution is 2.15. The van der Waals surface area contributed by atoms with Gasteiger partial charge in [-0.3, -0.25) is 15.4 Å². The van der Waals surface area contributed by atoms with Gasteiger partial charge in [-0.2, -0.15) is 0 Å². The molecule has 2 aliphatic heterocycles. The van der Waals surface area contributed by atoms with Crippen LogP contribution in [-0.4, -0.2) is 29.4 Å². The van der Waals surface area contributed by atoms with Crippen LogP contribution < -0.4 is 10.7 Å². The first-order valence-electron chi connectivity index (χ1n) is 5.53. The van der Waals surface area contributed by atoms with Gasteiger partial charge < -0.3 is 5.32 Å². The second kappa shape index (κ2) is 4.29. The van der Waals surface area contributed by atoms with E-state index < -0.39 is 0 Å². The molecule has 1 aromatic heterocycles. The number of nitrogens with zero attached hydrogens (tertiary/aromatic N) is 3.